The van der Waals surface area contributed by atoms with E-state index in [0.29, 0.717) is 23.6 Å². The number of ether oxygens (including phenoxy) is 2. The Morgan fingerprint density at radius 1 is 1.02 bits per heavy atom. The van der Waals surface area contributed by atoms with E-state index in [1.165, 1.54) is 28.4 Å². The third-order valence-electron chi connectivity index (χ3n) is 6.78. The van der Waals surface area contributed by atoms with Crippen molar-refractivity contribution in [3.05, 3.63) is 94.2 Å². The van der Waals surface area contributed by atoms with Crippen LogP contribution in [0, 0.1) is 0 Å². The summed E-state index contributed by atoms with van der Waals surface area (Å²) in [5, 5.41) is 3.82. The number of alkyl carbamates (subject to hydrolysis) is 1. The highest BCUT2D eigenvalue weighted by atomic mass is 32.2. The summed E-state index contributed by atoms with van der Waals surface area (Å²) in [7, 11) is 0. The molecule has 2 unspecified atom stereocenters. The summed E-state index contributed by atoms with van der Waals surface area (Å²) in [5.74, 6) is -0.370. The largest absolute Gasteiger partial charge is 0.448 e. The molecule has 3 heterocycles. The second kappa shape index (κ2) is 12.8. The van der Waals surface area contributed by atoms with Crippen molar-refractivity contribution in [2.45, 2.75) is 57.2 Å². The lowest BCUT2D eigenvalue weighted by atomic mass is 10.0. The van der Waals surface area contributed by atoms with Gasteiger partial charge in [0, 0.05) is 28.9 Å². The Kier molecular flexibility index (Phi) is 9.07. The highest BCUT2D eigenvalue weighted by Crippen LogP contribution is 2.46. The monoisotopic (exact) mass is 622 g/mol. The zero-order valence-corrected chi connectivity index (χ0v) is 26.0. The summed E-state index contributed by atoms with van der Waals surface area (Å²) in [6.07, 6.45) is 0.689. The molecular weight excluding hydrogens is 588 g/mol. The maximum Gasteiger partial charge on any atom is 0.408 e. The molecule has 0 aliphatic carbocycles. The van der Waals surface area contributed by atoms with Crippen molar-refractivity contribution < 1.29 is 28.7 Å². The number of carbonyl (C=O) groups excluding carboxylic acids is 4. The molecule has 2 atom stereocenters. The van der Waals surface area contributed by atoms with Crippen molar-refractivity contribution >= 4 is 47.4 Å². The van der Waals surface area contributed by atoms with Crippen LogP contribution in [0.4, 0.5) is 4.79 Å². The number of benzene rings is 2. The number of amides is 3. The zero-order valence-electron chi connectivity index (χ0n) is 24.4. The number of nitrogens with one attached hydrogen (secondary N) is 2. The minimum Gasteiger partial charge on any atom is -0.448 e. The Balaban J connectivity index is 1.48. The van der Waals surface area contributed by atoms with Crippen LogP contribution in [0.25, 0.3) is 0 Å². The highest BCUT2D eigenvalue weighted by molar-refractivity contribution is 8.03. The number of nitrogens with zero attached hydrogens (tertiary/aromatic N) is 2. The number of esters is 1. The topological polar surface area (TPSA) is 117 Å². The molecule has 0 bridgehead atoms. The predicted octanol–water partition coefficient (Wildman–Crippen LogP) is 4.67. The van der Waals surface area contributed by atoms with Crippen LogP contribution in [-0.2, 0) is 23.9 Å². The Morgan fingerprint density at radius 3 is 2.23 bits per heavy atom. The zero-order chi connectivity index (χ0) is 30.7. The predicted molar refractivity (Wildman–Crippen MR) is 165 cm³/mol. The highest BCUT2D eigenvalue weighted by Gasteiger charge is 2.55. The third kappa shape index (κ3) is 6.86. The average Bonchev–Trinajstić information content (AvgIpc) is 3.45. The lowest BCUT2D eigenvalue weighted by Gasteiger charge is -2.49. The van der Waals surface area contributed by atoms with Crippen molar-refractivity contribution in [2.75, 3.05) is 11.6 Å². The Hall–Kier alpha value is -3.90. The number of rotatable bonds is 8. The van der Waals surface area contributed by atoms with Crippen molar-refractivity contribution in [3.8, 4) is 0 Å². The van der Waals surface area contributed by atoms with Gasteiger partial charge in [0.25, 0.3) is 5.91 Å². The van der Waals surface area contributed by atoms with Gasteiger partial charge in [0.1, 0.15) is 22.7 Å². The fraction of sp³-hybridized carbons (Fsp3) is 0.355. The SMILES string of the molecule is CCC(=O)NN1C=C(C2=C(C(=O)OC(c3ccccc3)c3ccccc3)N3C(=O)C(NC(=O)OC(C)(C)C)C3SC2)SC1. The van der Waals surface area contributed by atoms with Crippen molar-refractivity contribution in [1.82, 2.24) is 20.7 Å². The quantitative estimate of drug-likeness (QED) is 0.320. The molecule has 3 aliphatic heterocycles. The third-order valence-corrected chi connectivity index (χ3v) is 9.13. The van der Waals surface area contributed by atoms with E-state index >= 15 is 0 Å². The molecule has 0 saturated carbocycles. The maximum absolute atomic E-state index is 14.2. The van der Waals surface area contributed by atoms with Gasteiger partial charge >= 0.3 is 12.1 Å². The molecule has 1 saturated heterocycles. The van der Waals surface area contributed by atoms with Gasteiger partial charge in [-0.2, -0.15) is 0 Å². The second-order valence-corrected chi connectivity index (χ2v) is 13.2. The Morgan fingerprint density at radius 2 is 1.65 bits per heavy atom. The number of hydrogen-bond donors (Lipinski definition) is 2. The Bertz CT molecular complexity index is 1420. The van der Waals surface area contributed by atoms with Gasteiger partial charge in [-0.05, 0) is 31.9 Å². The molecule has 1 fully saturated rings. The molecule has 3 aliphatic rings. The minimum absolute atomic E-state index is 0.132. The van der Waals surface area contributed by atoms with Gasteiger partial charge in [-0.1, -0.05) is 67.6 Å². The average molecular weight is 623 g/mol. The fourth-order valence-electron chi connectivity index (χ4n) is 4.80. The van der Waals surface area contributed by atoms with E-state index in [1.54, 1.807) is 38.9 Å². The first-order valence-corrected chi connectivity index (χ1v) is 16.0. The normalized spacial score (nSPS) is 19.8. The van der Waals surface area contributed by atoms with Crippen LogP contribution in [0.5, 0.6) is 0 Å². The van der Waals surface area contributed by atoms with Gasteiger partial charge in [0.15, 0.2) is 6.10 Å². The summed E-state index contributed by atoms with van der Waals surface area (Å²) < 4.78 is 11.6. The van der Waals surface area contributed by atoms with Gasteiger partial charge in [-0.15, -0.1) is 23.5 Å². The molecule has 0 radical (unpaired) electrons. The van der Waals surface area contributed by atoms with Gasteiger partial charge in [0.2, 0.25) is 5.91 Å². The van der Waals surface area contributed by atoms with E-state index in [1.807, 2.05) is 60.7 Å². The lowest BCUT2D eigenvalue weighted by Crippen LogP contribution is -2.70. The summed E-state index contributed by atoms with van der Waals surface area (Å²) in [4.78, 5) is 54.4. The number of hydrazine groups is 1. The smallest absolute Gasteiger partial charge is 0.408 e. The van der Waals surface area contributed by atoms with Crippen LogP contribution >= 0.6 is 23.5 Å². The van der Waals surface area contributed by atoms with Gasteiger partial charge < -0.3 is 14.8 Å². The summed E-state index contributed by atoms with van der Waals surface area (Å²) in [6, 6.07) is 18.0. The van der Waals surface area contributed by atoms with E-state index in [9.17, 15) is 19.2 Å². The van der Waals surface area contributed by atoms with Crippen molar-refractivity contribution in [1.29, 1.82) is 0 Å². The molecule has 3 amide bonds. The molecule has 0 aromatic heterocycles. The molecule has 2 aromatic carbocycles. The molecule has 0 spiro atoms. The first-order valence-electron chi connectivity index (χ1n) is 13.9. The molecule has 5 rings (SSSR count). The second-order valence-electron chi connectivity index (χ2n) is 11.1. The molecule has 2 N–H and O–H groups in total. The fourth-order valence-corrected chi connectivity index (χ4v) is 7.22. The van der Waals surface area contributed by atoms with Crippen molar-refractivity contribution in [2.24, 2.45) is 0 Å². The van der Waals surface area contributed by atoms with Gasteiger partial charge in [-0.3, -0.25) is 24.9 Å². The van der Waals surface area contributed by atoms with E-state index in [2.05, 4.69) is 10.7 Å². The number of allylic oxidation sites excluding steroid dienone is 1. The van der Waals surface area contributed by atoms with Gasteiger partial charge in [0.05, 0.1) is 5.88 Å². The molecule has 2 aromatic rings. The molecule has 226 valence electrons. The number of thioether (sulfide) groups is 2. The van der Waals surface area contributed by atoms with Crippen molar-refractivity contribution in [3.63, 3.8) is 0 Å². The standard InChI is InChI=1S/C31H34N4O6S2/c1-5-23(36)33-34-16-22(43-18-34)21-17-42-28-24(32-30(39)41-31(2,3)4)27(37)35(28)25(21)29(38)40-26(19-12-8-6-9-13-19)20-14-10-7-11-15-20/h6-16,24,26,28H,5,17-18H2,1-4H3,(H,32,39)(H,33,36). The van der Waals surface area contributed by atoms with E-state index in [0.717, 1.165) is 16.0 Å². The summed E-state index contributed by atoms with van der Waals surface area (Å²) >= 11 is 2.90. The van der Waals surface area contributed by atoms with E-state index in [4.69, 9.17) is 9.47 Å². The number of carbonyl (C=O) groups is 4. The number of fused-ring (bicyclic) bond motifs is 1. The Labute approximate surface area is 259 Å². The van der Waals surface area contributed by atoms with Crippen LogP contribution in [0.3, 0.4) is 0 Å². The number of β-lactam (4-membered cyclic amide) rings is 1. The molecule has 43 heavy (non-hydrogen) atoms. The molecule has 12 heteroatoms. The lowest BCUT2D eigenvalue weighted by molar-refractivity contribution is -0.153. The van der Waals surface area contributed by atoms with Crippen LogP contribution < -0.4 is 10.7 Å². The van der Waals surface area contributed by atoms with Crippen LogP contribution in [0.2, 0.25) is 0 Å². The first kappa shape index (κ1) is 30.6. The van der Waals surface area contributed by atoms with E-state index < -0.39 is 41.1 Å². The first-order chi connectivity index (χ1) is 20.6. The summed E-state index contributed by atoms with van der Waals surface area (Å²) in [6.45, 7) is 7.00. The maximum atomic E-state index is 14.2. The van der Waals surface area contributed by atoms with Crippen LogP contribution in [-0.4, -0.2) is 62.4 Å². The summed E-state index contributed by atoms with van der Waals surface area (Å²) in [5.41, 5.74) is 4.43. The van der Waals surface area contributed by atoms with Gasteiger partial charge in [-0.25, -0.2) is 9.59 Å². The molecular formula is C31H34N4O6S2. The van der Waals surface area contributed by atoms with E-state index in [-0.39, 0.29) is 11.6 Å². The number of hydrogen-bond acceptors (Lipinski definition) is 9. The molecule has 10 nitrogen and oxygen atoms in total. The minimum atomic E-state index is -0.853. The van der Waals surface area contributed by atoms with Crippen LogP contribution in [0.15, 0.2) is 83.0 Å². The van der Waals surface area contributed by atoms with Crippen LogP contribution in [0.1, 0.15) is 51.3 Å².